The molecule has 2 aromatic heterocycles. The number of anilines is 1. The molecule has 8 nitrogen and oxygen atoms in total. The lowest BCUT2D eigenvalue weighted by atomic mass is 9.79. The van der Waals surface area contributed by atoms with Crippen LogP contribution >= 0.6 is 0 Å². The first kappa shape index (κ1) is 29.9. The fourth-order valence-corrected chi connectivity index (χ4v) is 7.33. The SMILES string of the molecule is CC1(C)CC(C=C(c2ccc(N3CCC(O)(C=O)CC3)nc2)c2ccc3c(c2)c(F)nn3C2CCOCC2)CC(C)(C)O1. The summed E-state index contributed by atoms with van der Waals surface area (Å²) in [5.41, 5.74) is 1.89. The fraction of sp³-hybridized carbons (Fsp3) is 0.559. The molecule has 9 heteroatoms. The highest BCUT2D eigenvalue weighted by Crippen LogP contribution is 2.41. The Morgan fingerprint density at radius 3 is 2.33 bits per heavy atom. The van der Waals surface area contributed by atoms with Crippen LogP contribution in [-0.2, 0) is 14.3 Å². The van der Waals surface area contributed by atoms with Gasteiger partial charge in [-0.15, -0.1) is 5.10 Å². The van der Waals surface area contributed by atoms with Crippen molar-refractivity contribution >= 4 is 28.6 Å². The summed E-state index contributed by atoms with van der Waals surface area (Å²) >= 11 is 0. The molecular weight excluding hydrogens is 547 g/mol. The first-order chi connectivity index (χ1) is 20.4. The minimum absolute atomic E-state index is 0.127. The number of aldehydes is 1. The number of fused-ring (bicyclic) bond motifs is 1. The van der Waals surface area contributed by atoms with Crippen LogP contribution in [0.4, 0.5) is 10.2 Å². The largest absolute Gasteiger partial charge is 0.382 e. The number of carbonyl (C=O) groups excluding carboxylic acids is 1. The minimum Gasteiger partial charge on any atom is -0.382 e. The van der Waals surface area contributed by atoms with Gasteiger partial charge in [-0.05, 0) is 94.7 Å². The minimum atomic E-state index is -1.25. The van der Waals surface area contributed by atoms with Crippen LogP contribution in [0.3, 0.4) is 0 Å². The summed E-state index contributed by atoms with van der Waals surface area (Å²) in [5.74, 6) is 0.607. The molecule has 43 heavy (non-hydrogen) atoms. The van der Waals surface area contributed by atoms with Crippen LogP contribution in [0.5, 0.6) is 0 Å². The Balaban J connectivity index is 1.36. The molecule has 1 aromatic carbocycles. The number of benzene rings is 1. The number of halogens is 1. The van der Waals surface area contributed by atoms with Crippen molar-refractivity contribution in [3.63, 3.8) is 0 Å². The van der Waals surface area contributed by atoms with E-state index in [1.165, 1.54) is 0 Å². The maximum atomic E-state index is 15.4. The number of pyridine rings is 1. The second-order valence-electron chi connectivity index (χ2n) is 13.8. The number of ether oxygens (including phenoxy) is 2. The van der Waals surface area contributed by atoms with Crippen LogP contribution < -0.4 is 4.90 Å². The van der Waals surface area contributed by atoms with E-state index < -0.39 is 11.5 Å². The van der Waals surface area contributed by atoms with E-state index in [2.05, 4.69) is 55.9 Å². The lowest BCUT2D eigenvalue weighted by molar-refractivity contribution is -0.166. The van der Waals surface area contributed by atoms with E-state index >= 15 is 4.39 Å². The Morgan fingerprint density at radius 2 is 1.70 bits per heavy atom. The molecule has 0 unspecified atom stereocenters. The normalized spacial score (nSPS) is 23.0. The van der Waals surface area contributed by atoms with Crippen molar-refractivity contribution in [1.29, 1.82) is 0 Å². The number of rotatable bonds is 6. The topological polar surface area (TPSA) is 89.7 Å². The van der Waals surface area contributed by atoms with E-state index in [0.717, 1.165) is 53.7 Å². The number of hydrogen-bond donors (Lipinski definition) is 1. The molecule has 3 aliphatic rings. The quantitative estimate of drug-likeness (QED) is 0.359. The zero-order valence-corrected chi connectivity index (χ0v) is 25.7. The van der Waals surface area contributed by atoms with Crippen LogP contribution in [-0.4, -0.2) is 69.3 Å². The van der Waals surface area contributed by atoms with E-state index in [-0.39, 0.29) is 23.2 Å². The first-order valence-electron chi connectivity index (χ1n) is 15.5. The molecule has 0 aliphatic carbocycles. The molecule has 3 fully saturated rings. The molecule has 3 aliphatic heterocycles. The highest BCUT2D eigenvalue weighted by molar-refractivity contribution is 5.88. The second kappa shape index (κ2) is 11.4. The molecular formula is C34H43FN4O4. The van der Waals surface area contributed by atoms with Gasteiger partial charge in [0.25, 0.3) is 0 Å². The summed E-state index contributed by atoms with van der Waals surface area (Å²) in [6.45, 7) is 11.0. The molecule has 0 spiro atoms. The van der Waals surface area contributed by atoms with Gasteiger partial charge in [0.05, 0.1) is 28.1 Å². The molecule has 1 N–H and O–H groups in total. The van der Waals surface area contributed by atoms with Crippen LogP contribution in [0.1, 0.15) is 83.4 Å². The van der Waals surface area contributed by atoms with Gasteiger partial charge >= 0.3 is 0 Å². The third kappa shape index (κ3) is 6.40. The monoisotopic (exact) mass is 590 g/mol. The number of piperidine rings is 1. The summed E-state index contributed by atoms with van der Waals surface area (Å²) in [4.78, 5) is 18.2. The van der Waals surface area contributed by atoms with E-state index in [9.17, 15) is 9.90 Å². The Morgan fingerprint density at radius 1 is 1.02 bits per heavy atom. The van der Waals surface area contributed by atoms with Gasteiger partial charge in [0.1, 0.15) is 11.4 Å². The predicted molar refractivity (Wildman–Crippen MR) is 165 cm³/mol. The summed E-state index contributed by atoms with van der Waals surface area (Å²) < 4.78 is 29.1. The predicted octanol–water partition coefficient (Wildman–Crippen LogP) is 5.87. The van der Waals surface area contributed by atoms with Crippen molar-refractivity contribution < 1.29 is 23.8 Å². The van der Waals surface area contributed by atoms with E-state index in [1.54, 1.807) is 0 Å². The van der Waals surface area contributed by atoms with Crippen molar-refractivity contribution in [3.8, 4) is 0 Å². The average molecular weight is 591 g/mol. The van der Waals surface area contributed by atoms with Crippen LogP contribution in [0.25, 0.3) is 16.5 Å². The molecule has 0 bridgehead atoms. The lowest BCUT2D eigenvalue weighted by Crippen LogP contribution is -2.45. The van der Waals surface area contributed by atoms with Gasteiger partial charge in [-0.2, -0.15) is 4.39 Å². The smallest absolute Gasteiger partial charge is 0.240 e. The lowest BCUT2D eigenvalue weighted by Gasteiger charge is -2.45. The Bertz CT molecular complexity index is 1480. The van der Waals surface area contributed by atoms with Crippen LogP contribution in [0.2, 0.25) is 0 Å². The standard InChI is InChI=1S/C34H43FN4O4/c1-32(2)19-23(20-33(3,4)43-32)17-27(25-6-8-30(36-21-25)38-13-11-34(41,22-40)12-14-38)24-5-7-29-28(18-24)31(35)37-39(29)26-9-15-42-16-10-26/h5-8,17-18,21-23,26,41H,9-16,19-20H2,1-4H3. The Hall–Kier alpha value is -3.14. The summed E-state index contributed by atoms with van der Waals surface area (Å²) in [7, 11) is 0. The van der Waals surface area contributed by atoms with E-state index in [0.29, 0.717) is 50.8 Å². The van der Waals surface area contributed by atoms with Crippen molar-refractivity contribution in [2.24, 2.45) is 5.92 Å². The van der Waals surface area contributed by atoms with Crippen molar-refractivity contribution in [2.45, 2.75) is 89.1 Å². The van der Waals surface area contributed by atoms with Crippen molar-refractivity contribution in [1.82, 2.24) is 14.8 Å². The number of nitrogens with zero attached hydrogens (tertiary/aromatic N) is 4. The molecule has 0 saturated carbocycles. The third-order valence-corrected chi connectivity index (χ3v) is 9.20. The molecule has 3 saturated heterocycles. The number of aliphatic hydroxyl groups is 1. The van der Waals surface area contributed by atoms with Gasteiger partial charge in [-0.1, -0.05) is 12.1 Å². The van der Waals surface area contributed by atoms with Gasteiger partial charge in [0.2, 0.25) is 5.95 Å². The van der Waals surface area contributed by atoms with Gasteiger partial charge in [-0.25, -0.2) is 4.98 Å². The summed E-state index contributed by atoms with van der Waals surface area (Å²) in [6, 6.07) is 10.2. The van der Waals surface area contributed by atoms with Gasteiger partial charge in [-0.3, -0.25) is 4.68 Å². The highest BCUT2D eigenvalue weighted by atomic mass is 19.1. The zero-order chi connectivity index (χ0) is 30.4. The zero-order valence-electron chi connectivity index (χ0n) is 25.7. The molecule has 3 aromatic rings. The average Bonchev–Trinajstić information content (AvgIpc) is 3.31. The van der Waals surface area contributed by atoms with Crippen LogP contribution in [0.15, 0.2) is 42.6 Å². The van der Waals surface area contributed by atoms with Gasteiger partial charge < -0.3 is 24.3 Å². The maximum absolute atomic E-state index is 15.4. The van der Waals surface area contributed by atoms with Gasteiger partial charge in [0, 0.05) is 50.9 Å². The molecule has 0 radical (unpaired) electrons. The fourth-order valence-electron chi connectivity index (χ4n) is 7.33. The van der Waals surface area contributed by atoms with Crippen molar-refractivity contribution in [2.75, 3.05) is 31.2 Å². The summed E-state index contributed by atoms with van der Waals surface area (Å²) in [6.07, 6.45) is 9.00. The number of aromatic nitrogens is 3. The maximum Gasteiger partial charge on any atom is 0.240 e. The third-order valence-electron chi connectivity index (χ3n) is 9.20. The first-order valence-corrected chi connectivity index (χ1v) is 15.5. The Kier molecular flexibility index (Phi) is 7.94. The number of carbonyl (C=O) groups is 1. The Labute approximate surface area is 252 Å². The molecule has 0 atom stereocenters. The number of allylic oxidation sites excluding steroid dienone is 1. The van der Waals surface area contributed by atoms with Gasteiger partial charge in [0.15, 0.2) is 6.29 Å². The molecule has 0 amide bonds. The molecule has 6 rings (SSSR count). The van der Waals surface area contributed by atoms with E-state index in [1.807, 2.05) is 29.1 Å². The second-order valence-corrected chi connectivity index (χ2v) is 13.8. The van der Waals surface area contributed by atoms with Crippen molar-refractivity contribution in [3.05, 3.63) is 59.7 Å². The molecule has 230 valence electrons. The molecule has 5 heterocycles. The summed E-state index contributed by atoms with van der Waals surface area (Å²) in [5, 5.41) is 15.2. The number of hydrogen-bond acceptors (Lipinski definition) is 7. The van der Waals surface area contributed by atoms with E-state index in [4.69, 9.17) is 14.5 Å². The van der Waals surface area contributed by atoms with Crippen LogP contribution in [0, 0.1) is 11.9 Å². The highest BCUT2D eigenvalue weighted by Gasteiger charge is 2.39.